The van der Waals surface area contributed by atoms with Gasteiger partial charge in [0.25, 0.3) is 0 Å². The van der Waals surface area contributed by atoms with Gasteiger partial charge in [0.15, 0.2) is 5.78 Å². The molecule has 92 valence electrons. The number of ketones is 1. The molecule has 1 rings (SSSR count). The minimum atomic E-state index is -4.45. The third kappa shape index (κ3) is 3.33. The van der Waals surface area contributed by atoms with Crippen molar-refractivity contribution in [2.45, 2.75) is 12.6 Å². The normalized spacial score (nSPS) is 10.8. The third-order valence-electron chi connectivity index (χ3n) is 2.24. The number of hydrogen-bond donors (Lipinski definition) is 0. The Morgan fingerprint density at radius 1 is 1.17 bits per heavy atom. The van der Waals surface area contributed by atoms with Crippen molar-refractivity contribution in [3.63, 3.8) is 0 Å². The molecule has 0 aliphatic rings. The summed E-state index contributed by atoms with van der Waals surface area (Å²) in [5.41, 5.74) is -0.797. The average Bonchev–Trinajstić information content (AvgIpc) is 2.34. The van der Waals surface area contributed by atoms with Crippen molar-refractivity contribution in [3.05, 3.63) is 35.4 Å². The van der Waals surface area contributed by atoms with Crippen LogP contribution in [0.4, 0.5) is 13.2 Å². The summed E-state index contributed by atoms with van der Waals surface area (Å²) in [5.74, 6) is -1.61. The van der Waals surface area contributed by atoms with E-state index in [9.17, 15) is 18.0 Å². The first kappa shape index (κ1) is 13.7. The molecule has 0 saturated carbocycles. The molecule has 0 amide bonds. The summed E-state index contributed by atoms with van der Waals surface area (Å²) >= 11 is 0. The topological polar surface area (TPSA) is 64.7 Å². The molecule has 0 fully saturated rings. The highest BCUT2D eigenvalue weighted by molar-refractivity contribution is 5.96. The van der Waals surface area contributed by atoms with Crippen LogP contribution in [0.15, 0.2) is 24.3 Å². The van der Waals surface area contributed by atoms with E-state index in [0.717, 1.165) is 24.3 Å². The molecule has 0 N–H and O–H groups in total. The number of hydrogen-bond acceptors (Lipinski definition) is 3. The molecule has 0 spiro atoms. The molecule has 0 radical (unpaired) electrons. The summed E-state index contributed by atoms with van der Waals surface area (Å²) in [6.45, 7) is 0. The average molecular weight is 252 g/mol. The molecule has 1 aromatic rings. The number of alkyl halides is 3. The molecule has 0 aliphatic heterocycles. The number of rotatable bonds is 3. The van der Waals surface area contributed by atoms with Crippen molar-refractivity contribution in [1.82, 2.24) is 0 Å². The predicted molar refractivity (Wildman–Crippen MR) is 55.1 cm³/mol. The highest BCUT2D eigenvalue weighted by Gasteiger charge is 2.30. The van der Waals surface area contributed by atoms with Gasteiger partial charge in [-0.2, -0.15) is 23.7 Å². The summed E-state index contributed by atoms with van der Waals surface area (Å²) in [4.78, 5) is 11.6. The number of Topliss-reactive ketones (excluding diaryl/α,β-unsaturated/α-hetero) is 1. The Balaban J connectivity index is 2.84. The molecule has 6 heteroatoms. The van der Waals surface area contributed by atoms with Gasteiger partial charge in [-0.1, -0.05) is 12.1 Å². The van der Waals surface area contributed by atoms with Gasteiger partial charge in [-0.15, -0.1) is 0 Å². The summed E-state index contributed by atoms with van der Waals surface area (Å²) in [6.07, 6.45) is -4.78. The van der Waals surface area contributed by atoms with Crippen molar-refractivity contribution in [2.24, 2.45) is 5.92 Å². The van der Waals surface area contributed by atoms with Gasteiger partial charge in [0.05, 0.1) is 17.7 Å². The molecule has 0 bridgehead atoms. The Morgan fingerprint density at radius 2 is 1.67 bits per heavy atom. The van der Waals surface area contributed by atoms with E-state index < -0.39 is 23.4 Å². The van der Waals surface area contributed by atoms with Crippen LogP contribution >= 0.6 is 0 Å². The van der Waals surface area contributed by atoms with E-state index in [0.29, 0.717) is 0 Å². The van der Waals surface area contributed by atoms with Crippen LogP contribution in [0.5, 0.6) is 0 Å². The van der Waals surface area contributed by atoms with Crippen molar-refractivity contribution >= 4 is 5.78 Å². The van der Waals surface area contributed by atoms with Gasteiger partial charge in [0.2, 0.25) is 0 Å². The van der Waals surface area contributed by atoms with E-state index in [2.05, 4.69) is 0 Å². The van der Waals surface area contributed by atoms with E-state index >= 15 is 0 Å². The maximum Gasteiger partial charge on any atom is 0.416 e. The molecule has 0 unspecified atom stereocenters. The molecule has 0 aliphatic carbocycles. The van der Waals surface area contributed by atoms with Crippen LogP contribution in [0.1, 0.15) is 22.3 Å². The fraction of sp³-hybridized carbons (Fsp3) is 0.250. The lowest BCUT2D eigenvalue weighted by molar-refractivity contribution is -0.137. The third-order valence-corrected chi connectivity index (χ3v) is 2.24. The standard InChI is InChI=1S/C12H7F3N2O/c13-12(14,15)10-3-1-9(2-4-10)11(18)5-8(6-16)7-17/h1-4,8H,5H2. The fourth-order valence-corrected chi connectivity index (χ4v) is 1.27. The van der Waals surface area contributed by atoms with Crippen LogP contribution in [0, 0.1) is 28.6 Å². The molecule has 0 aromatic heterocycles. The minimum absolute atomic E-state index is 0.0542. The number of nitriles is 2. The summed E-state index contributed by atoms with van der Waals surface area (Å²) in [7, 11) is 0. The van der Waals surface area contributed by atoms with Gasteiger partial charge in [0.1, 0.15) is 5.92 Å². The van der Waals surface area contributed by atoms with Crippen LogP contribution in [0.25, 0.3) is 0 Å². The first-order valence-corrected chi connectivity index (χ1v) is 4.88. The van der Waals surface area contributed by atoms with Crippen molar-refractivity contribution in [1.29, 1.82) is 10.5 Å². The number of benzene rings is 1. The zero-order valence-electron chi connectivity index (χ0n) is 9.03. The quantitative estimate of drug-likeness (QED) is 0.777. The van der Waals surface area contributed by atoms with Gasteiger partial charge in [-0.25, -0.2) is 0 Å². The molecular weight excluding hydrogens is 245 g/mol. The monoisotopic (exact) mass is 252 g/mol. The summed E-state index contributed by atoms with van der Waals surface area (Å²) in [6, 6.07) is 6.91. The predicted octanol–water partition coefficient (Wildman–Crippen LogP) is 2.94. The largest absolute Gasteiger partial charge is 0.416 e. The van der Waals surface area contributed by atoms with Gasteiger partial charge in [-0.3, -0.25) is 4.79 Å². The Morgan fingerprint density at radius 3 is 2.06 bits per heavy atom. The lowest BCUT2D eigenvalue weighted by Crippen LogP contribution is -2.08. The second kappa shape index (κ2) is 5.33. The second-order valence-electron chi connectivity index (χ2n) is 3.51. The zero-order valence-corrected chi connectivity index (χ0v) is 9.03. The van der Waals surface area contributed by atoms with Crippen LogP contribution < -0.4 is 0 Å². The number of carbonyl (C=O) groups excluding carboxylic acids is 1. The smallest absolute Gasteiger partial charge is 0.294 e. The second-order valence-corrected chi connectivity index (χ2v) is 3.51. The fourth-order valence-electron chi connectivity index (χ4n) is 1.27. The van der Waals surface area contributed by atoms with E-state index in [1.165, 1.54) is 0 Å². The zero-order chi connectivity index (χ0) is 13.8. The highest BCUT2D eigenvalue weighted by Crippen LogP contribution is 2.29. The Kier molecular flexibility index (Phi) is 4.06. The number of carbonyl (C=O) groups is 1. The molecule has 0 heterocycles. The van der Waals surface area contributed by atoms with E-state index in [1.807, 2.05) is 0 Å². The van der Waals surface area contributed by atoms with E-state index in [1.54, 1.807) is 12.1 Å². The Bertz CT molecular complexity index is 506. The van der Waals surface area contributed by atoms with Gasteiger partial charge in [0, 0.05) is 12.0 Å². The van der Waals surface area contributed by atoms with Gasteiger partial charge in [-0.05, 0) is 12.1 Å². The van der Waals surface area contributed by atoms with Crippen molar-refractivity contribution in [3.8, 4) is 12.1 Å². The molecule has 0 atom stereocenters. The van der Waals surface area contributed by atoms with Crippen molar-refractivity contribution in [2.75, 3.05) is 0 Å². The van der Waals surface area contributed by atoms with Crippen LogP contribution in [0.2, 0.25) is 0 Å². The van der Waals surface area contributed by atoms with Crippen LogP contribution in [-0.4, -0.2) is 5.78 Å². The van der Waals surface area contributed by atoms with E-state index in [-0.39, 0.29) is 12.0 Å². The first-order chi connectivity index (χ1) is 8.38. The Labute approximate surface area is 101 Å². The molecule has 3 nitrogen and oxygen atoms in total. The van der Waals surface area contributed by atoms with E-state index in [4.69, 9.17) is 10.5 Å². The molecule has 1 aromatic carbocycles. The number of halogens is 3. The van der Waals surface area contributed by atoms with Crippen LogP contribution in [-0.2, 0) is 6.18 Å². The summed E-state index contributed by atoms with van der Waals surface area (Å²) < 4.78 is 36.8. The SMILES string of the molecule is N#CC(C#N)CC(=O)c1ccc(C(F)(F)F)cc1. The number of nitrogens with zero attached hydrogens (tertiary/aromatic N) is 2. The minimum Gasteiger partial charge on any atom is -0.294 e. The molecule has 0 saturated heterocycles. The summed E-state index contributed by atoms with van der Waals surface area (Å²) in [5, 5.41) is 17.0. The molecule has 18 heavy (non-hydrogen) atoms. The lowest BCUT2D eigenvalue weighted by atomic mass is 9.99. The molecular formula is C12H7F3N2O. The van der Waals surface area contributed by atoms with Crippen molar-refractivity contribution < 1.29 is 18.0 Å². The van der Waals surface area contributed by atoms with Crippen LogP contribution in [0.3, 0.4) is 0 Å². The highest BCUT2D eigenvalue weighted by atomic mass is 19.4. The first-order valence-electron chi connectivity index (χ1n) is 4.88. The Hall–Kier alpha value is -2.34. The maximum absolute atomic E-state index is 12.3. The lowest BCUT2D eigenvalue weighted by Gasteiger charge is -2.07. The maximum atomic E-state index is 12.3. The van der Waals surface area contributed by atoms with Gasteiger partial charge >= 0.3 is 6.18 Å². The van der Waals surface area contributed by atoms with Gasteiger partial charge < -0.3 is 0 Å².